The third-order valence-electron chi connectivity index (χ3n) is 4.09. The van der Waals surface area contributed by atoms with Crippen LogP contribution < -0.4 is 14.8 Å². The summed E-state index contributed by atoms with van der Waals surface area (Å²) in [6.07, 6.45) is 0. The minimum Gasteiger partial charge on any atom is -0.494 e. The number of nitrogens with zero attached hydrogens (tertiary/aromatic N) is 2. The number of para-hydroxylation sites is 1. The zero-order valence-corrected chi connectivity index (χ0v) is 17.7. The van der Waals surface area contributed by atoms with E-state index in [0.717, 1.165) is 23.6 Å². The molecular weight excluding hydrogens is 386 g/mol. The molecule has 0 atom stereocenters. The first-order valence-corrected chi connectivity index (χ1v) is 10.3. The van der Waals surface area contributed by atoms with Gasteiger partial charge in [0.1, 0.15) is 18.1 Å². The molecule has 0 aliphatic rings. The summed E-state index contributed by atoms with van der Waals surface area (Å²) in [5, 5.41) is 5.31. The van der Waals surface area contributed by atoms with Crippen molar-refractivity contribution in [3.63, 3.8) is 0 Å². The molecule has 152 valence electrons. The first-order chi connectivity index (χ1) is 14.1. The second kappa shape index (κ2) is 10.0. The highest BCUT2D eigenvalue weighted by Gasteiger charge is 2.13. The maximum absolute atomic E-state index is 12.6. The van der Waals surface area contributed by atoms with E-state index in [4.69, 9.17) is 9.47 Å². The van der Waals surface area contributed by atoms with Gasteiger partial charge in [-0.3, -0.25) is 10.1 Å². The number of likely N-dealkylation sites (N-methyl/N-ethyl adjacent to an activating group) is 1. The van der Waals surface area contributed by atoms with Crippen molar-refractivity contribution in [1.29, 1.82) is 0 Å². The third kappa shape index (κ3) is 5.79. The second-order valence-corrected chi connectivity index (χ2v) is 7.46. The number of benzene rings is 2. The molecule has 0 aliphatic heterocycles. The molecule has 0 saturated carbocycles. The molecule has 0 saturated heterocycles. The average molecular weight is 412 g/mol. The molecule has 7 heteroatoms. The van der Waals surface area contributed by atoms with Crippen LogP contribution in [0.4, 0.5) is 5.13 Å². The van der Waals surface area contributed by atoms with Crippen molar-refractivity contribution in [2.75, 3.05) is 39.2 Å². The van der Waals surface area contributed by atoms with Crippen LogP contribution in [-0.2, 0) is 0 Å². The molecule has 6 nitrogen and oxygen atoms in total. The van der Waals surface area contributed by atoms with Crippen molar-refractivity contribution in [1.82, 2.24) is 9.88 Å². The maximum atomic E-state index is 12.6. The molecule has 1 heterocycles. The van der Waals surface area contributed by atoms with Gasteiger partial charge >= 0.3 is 0 Å². The fourth-order valence-electron chi connectivity index (χ4n) is 2.66. The van der Waals surface area contributed by atoms with Gasteiger partial charge in [0.25, 0.3) is 5.91 Å². The van der Waals surface area contributed by atoms with E-state index in [1.165, 1.54) is 11.3 Å². The summed E-state index contributed by atoms with van der Waals surface area (Å²) in [6, 6.07) is 14.9. The Balaban J connectivity index is 1.71. The number of amides is 1. The first kappa shape index (κ1) is 20.8. The zero-order chi connectivity index (χ0) is 20.6. The molecule has 0 fully saturated rings. The van der Waals surface area contributed by atoms with Crippen molar-refractivity contribution in [2.24, 2.45) is 0 Å². The molecule has 1 amide bonds. The van der Waals surface area contributed by atoms with E-state index in [1.807, 2.05) is 56.7 Å². The predicted octanol–water partition coefficient (Wildman–Crippen LogP) is 4.40. The van der Waals surface area contributed by atoms with Crippen molar-refractivity contribution in [3.05, 3.63) is 59.5 Å². The van der Waals surface area contributed by atoms with Gasteiger partial charge in [0.2, 0.25) is 0 Å². The van der Waals surface area contributed by atoms with Crippen molar-refractivity contribution >= 4 is 22.4 Å². The lowest BCUT2D eigenvalue weighted by Crippen LogP contribution is -2.19. The fourth-order valence-corrected chi connectivity index (χ4v) is 3.37. The molecule has 0 bridgehead atoms. The monoisotopic (exact) mass is 411 g/mol. The number of thiazole rings is 1. The van der Waals surface area contributed by atoms with Gasteiger partial charge in [-0.15, -0.1) is 11.3 Å². The predicted molar refractivity (Wildman–Crippen MR) is 117 cm³/mol. The molecule has 29 heavy (non-hydrogen) atoms. The molecule has 3 rings (SSSR count). The molecule has 3 aromatic rings. The summed E-state index contributed by atoms with van der Waals surface area (Å²) in [5.74, 6) is 1.23. The Bertz CT molecular complexity index is 956. The van der Waals surface area contributed by atoms with E-state index in [1.54, 1.807) is 18.2 Å². The lowest BCUT2D eigenvalue weighted by atomic mass is 10.1. The Kier molecular flexibility index (Phi) is 7.21. The highest BCUT2D eigenvalue weighted by atomic mass is 32.1. The van der Waals surface area contributed by atoms with E-state index in [-0.39, 0.29) is 5.91 Å². The molecule has 1 N–H and O–H groups in total. The summed E-state index contributed by atoms with van der Waals surface area (Å²) in [4.78, 5) is 19.2. The van der Waals surface area contributed by atoms with Crippen LogP contribution >= 0.6 is 11.3 Å². The SMILES string of the molecule is CCOc1cccc(C(=O)Nc2nc(-c3ccccc3OCCN(C)C)cs2)c1. The quantitative estimate of drug-likeness (QED) is 0.565. The zero-order valence-electron chi connectivity index (χ0n) is 16.8. The van der Waals surface area contributed by atoms with E-state index >= 15 is 0 Å². The number of ether oxygens (including phenoxy) is 2. The second-order valence-electron chi connectivity index (χ2n) is 6.60. The lowest BCUT2D eigenvalue weighted by molar-refractivity contribution is 0.102. The van der Waals surface area contributed by atoms with Gasteiger partial charge in [0, 0.05) is 23.1 Å². The summed E-state index contributed by atoms with van der Waals surface area (Å²) < 4.78 is 11.4. The van der Waals surface area contributed by atoms with Crippen LogP contribution in [0.15, 0.2) is 53.9 Å². The van der Waals surface area contributed by atoms with Crippen LogP contribution in [0.3, 0.4) is 0 Å². The Hall–Kier alpha value is -2.90. The fraction of sp³-hybridized carbons (Fsp3) is 0.273. The number of carbonyl (C=O) groups is 1. The standard InChI is InChI=1S/C22H25N3O3S/c1-4-27-17-9-7-8-16(14-17)21(26)24-22-23-19(15-29-22)18-10-5-6-11-20(18)28-13-12-25(2)3/h5-11,14-15H,4,12-13H2,1-3H3,(H,23,24,26). The van der Waals surface area contributed by atoms with E-state index in [2.05, 4.69) is 15.2 Å². The van der Waals surface area contributed by atoms with Gasteiger partial charge in [-0.25, -0.2) is 4.98 Å². The molecular formula is C22H25N3O3S. The van der Waals surface area contributed by atoms with Crippen molar-refractivity contribution < 1.29 is 14.3 Å². The van der Waals surface area contributed by atoms with Gasteiger partial charge in [-0.2, -0.15) is 0 Å². The van der Waals surface area contributed by atoms with Crippen LogP contribution in [-0.4, -0.2) is 49.6 Å². The Labute approximate surface area is 175 Å². The number of nitrogens with one attached hydrogen (secondary N) is 1. The van der Waals surface area contributed by atoms with Crippen LogP contribution in [0.2, 0.25) is 0 Å². The Morgan fingerprint density at radius 1 is 1.14 bits per heavy atom. The highest BCUT2D eigenvalue weighted by molar-refractivity contribution is 7.14. The van der Waals surface area contributed by atoms with Gasteiger partial charge in [0.15, 0.2) is 5.13 Å². The number of hydrogen-bond donors (Lipinski definition) is 1. The highest BCUT2D eigenvalue weighted by Crippen LogP contribution is 2.32. The van der Waals surface area contributed by atoms with Gasteiger partial charge < -0.3 is 14.4 Å². The molecule has 2 aromatic carbocycles. The van der Waals surface area contributed by atoms with Gasteiger partial charge in [0.05, 0.1) is 12.3 Å². The number of rotatable bonds is 9. The number of anilines is 1. The average Bonchev–Trinajstić information content (AvgIpc) is 3.17. The Morgan fingerprint density at radius 2 is 1.97 bits per heavy atom. The summed E-state index contributed by atoms with van der Waals surface area (Å²) >= 11 is 1.38. The van der Waals surface area contributed by atoms with Crippen LogP contribution in [0.25, 0.3) is 11.3 Å². The normalized spacial score (nSPS) is 10.8. The number of hydrogen-bond acceptors (Lipinski definition) is 6. The van der Waals surface area contributed by atoms with Crippen molar-refractivity contribution in [3.8, 4) is 22.8 Å². The maximum Gasteiger partial charge on any atom is 0.257 e. The van der Waals surface area contributed by atoms with E-state index in [0.29, 0.717) is 29.7 Å². The molecule has 0 aliphatic carbocycles. The third-order valence-corrected chi connectivity index (χ3v) is 4.85. The van der Waals surface area contributed by atoms with Crippen LogP contribution in [0.5, 0.6) is 11.5 Å². The molecule has 0 radical (unpaired) electrons. The minimum atomic E-state index is -0.219. The first-order valence-electron chi connectivity index (χ1n) is 9.43. The smallest absolute Gasteiger partial charge is 0.257 e. The van der Waals surface area contributed by atoms with Gasteiger partial charge in [-0.1, -0.05) is 18.2 Å². The van der Waals surface area contributed by atoms with Gasteiger partial charge in [-0.05, 0) is 51.4 Å². The molecule has 0 spiro atoms. The summed E-state index contributed by atoms with van der Waals surface area (Å²) in [7, 11) is 4.02. The molecule has 0 unspecified atom stereocenters. The van der Waals surface area contributed by atoms with Crippen molar-refractivity contribution in [2.45, 2.75) is 6.92 Å². The number of carbonyl (C=O) groups excluding carboxylic acids is 1. The molecule has 1 aromatic heterocycles. The summed E-state index contributed by atoms with van der Waals surface area (Å²) in [5.41, 5.74) is 2.20. The van der Waals surface area contributed by atoms with Crippen LogP contribution in [0.1, 0.15) is 17.3 Å². The topological polar surface area (TPSA) is 63.7 Å². The van der Waals surface area contributed by atoms with E-state index in [9.17, 15) is 4.79 Å². The largest absolute Gasteiger partial charge is 0.494 e. The lowest BCUT2D eigenvalue weighted by Gasteiger charge is -2.13. The number of aromatic nitrogens is 1. The summed E-state index contributed by atoms with van der Waals surface area (Å²) in [6.45, 7) is 3.88. The minimum absolute atomic E-state index is 0.219. The van der Waals surface area contributed by atoms with Crippen LogP contribution in [0, 0.1) is 0 Å². The Morgan fingerprint density at radius 3 is 2.76 bits per heavy atom. The van der Waals surface area contributed by atoms with E-state index < -0.39 is 0 Å².